The lowest BCUT2D eigenvalue weighted by molar-refractivity contribution is 0.0340. The summed E-state index contributed by atoms with van der Waals surface area (Å²) >= 11 is 0. The van der Waals surface area contributed by atoms with Crippen molar-refractivity contribution in [2.45, 2.75) is 38.8 Å². The lowest BCUT2D eigenvalue weighted by atomic mass is 10.1. The quantitative estimate of drug-likeness (QED) is 0.920. The highest BCUT2D eigenvalue weighted by molar-refractivity contribution is 5.76. The molecular formula is C16H22FN3O. The summed E-state index contributed by atoms with van der Waals surface area (Å²) in [5.41, 5.74) is 1.73. The summed E-state index contributed by atoms with van der Waals surface area (Å²) in [5, 5.41) is 3.33. The Morgan fingerprint density at radius 3 is 2.95 bits per heavy atom. The zero-order chi connectivity index (χ0) is 14.7. The van der Waals surface area contributed by atoms with E-state index >= 15 is 0 Å². The largest absolute Gasteiger partial charge is 0.378 e. The number of nitrogens with zero attached hydrogens (tertiary/aromatic N) is 2. The number of halogens is 1. The molecule has 4 nitrogen and oxygen atoms in total. The molecule has 0 radical (unpaired) electrons. The van der Waals surface area contributed by atoms with Gasteiger partial charge in [0.05, 0.1) is 23.7 Å². The standard InChI is InChI=1S/C16H22FN3O/c1-2-20-15-11-12(17)3-4-14(15)19-16(20)7-10-21-13-5-8-18-9-6-13/h3-4,11,13,18H,2,5-10H2,1H3. The van der Waals surface area contributed by atoms with E-state index in [1.165, 1.54) is 6.07 Å². The van der Waals surface area contributed by atoms with Crippen LogP contribution in [-0.2, 0) is 17.7 Å². The van der Waals surface area contributed by atoms with Gasteiger partial charge in [0.1, 0.15) is 11.6 Å². The topological polar surface area (TPSA) is 39.1 Å². The molecule has 0 saturated carbocycles. The van der Waals surface area contributed by atoms with E-state index in [4.69, 9.17) is 4.74 Å². The summed E-state index contributed by atoms with van der Waals surface area (Å²) in [6.45, 7) is 5.61. The SMILES string of the molecule is CCn1c(CCOC2CCNCC2)nc2ccc(F)cc21. The molecule has 3 rings (SSSR count). The summed E-state index contributed by atoms with van der Waals surface area (Å²) in [4.78, 5) is 4.61. The molecule has 1 aromatic heterocycles. The van der Waals surface area contributed by atoms with Crippen LogP contribution < -0.4 is 5.32 Å². The number of benzene rings is 1. The van der Waals surface area contributed by atoms with Crippen LogP contribution in [0, 0.1) is 5.82 Å². The van der Waals surface area contributed by atoms with Gasteiger partial charge < -0.3 is 14.6 Å². The predicted molar refractivity (Wildman–Crippen MR) is 80.9 cm³/mol. The lowest BCUT2D eigenvalue weighted by Crippen LogP contribution is -2.32. The van der Waals surface area contributed by atoms with E-state index < -0.39 is 0 Å². The van der Waals surface area contributed by atoms with Crippen molar-refractivity contribution in [2.24, 2.45) is 0 Å². The highest BCUT2D eigenvalue weighted by Crippen LogP contribution is 2.18. The zero-order valence-corrected chi connectivity index (χ0v) is 12.4. The second-order valence-corrected chi connectivity index (χ2v) is 5.48. The van der Waals surface area contributed by atoms with Crippen LogP contribution in [0.5, 0.6) is 0 Å². The van der Waals surface area contributed by atoms with Crippen LogP contribution in [0.1, 0.15) is 25.6 Å². The summed E-state index contributed by atoms with van der Waals surface area (Å²) in [5.74, 6) is 0.765. The van der Waals surface area contributed by atoms with E-state index in [-0.39, 0.29) is 5.82 Å². The van der Waals surface area contributed by atoms with Crippen LogP contribution >= 0.6 is 0 Å². The number of imidazole rings is 1. The summed E-state index contributed by atoms with van der Waals surface area (Å²) in [6.07, 6.45) is 3.29. The monoisotopic (exact) mass is 291 g/mol. The van der Waals surface area contributed by atoms with Gasteiger partial charge in [-0.2, -0.15) is 0 Å². The fourth-order valence-electron chi connectivity index (χ4n) is 2.97. The van der Waals surface area contributed by atoms with Crippen LogP contribution in [0.25, 0.3) is 11.0 Å². The second-order valence-electron chi connectivity index (χ2n) is 5.48. The third-order valence-corrected chi connectivity index (χ3v) is 4.07. The normalized spacial score (nSPS) is 16.7. The molecule has 1 N–H and O–H groups in total. The van der Waals surface area contributed by atoms with E-state index in [2.05, 4.69) is 21.8 Å². The third kappa shape index (κ3) is 3.24. The first-order chi connectivity index (χ1) is 10.3. The minimum atomic E-state index is -0.213. The fourth-order valence-corrected chi connectivity index (χ4v) is 2.97. The number of hydrogen-bond acceptors (Lipinski definition) is 3. The van der Waals surface area contributed by atoms with Crippen molar-refractivity contribution in [3.8, 4) is 0 Å². The first kappa shape index (κ1) is 14.5. The number of piperidine rings is 1. The van der Waals surface area contributed by atoms with Gasteiger partial charge in [0, 0.05) is 13.0 Å². The first-order valence-electron chi connectivity index (χ1n) is 7.75. The summed E-state index contributed by atoms with van der Waals surface area (Å²) in [6, 6.07) is 4.77. The Kier molecular flexibility index (Phi) is 4.51. The third-order valence-electron chi connectivity index (χ3n) is 4.07. The zero-order valence-electron chi connectivity index (χ0n) is 12.4. The molecule has 0 spiro atoms. The minimum Gasteiger partial charge on any atom is -0.378 e. The summed E-state index contributed by atoms with van der Waals surface area (Å²) < 4.78 is 21.4. The Bertz CT molecular complexity index is 605. The number of hydrogen-bond donors (Lipinski definition) is 1. The number of ether oxygens (including phenoxy) is 1. The van der Waals surface area contributed by atoms with Crippen molar-refractivity contribution in [1.82, 2.24) is 14.9 Å². The van der Waals surface area contributed by atoms with E-state index in [1.54, 1.807) is 12.1 Å². The molecular weight excluding hydrogens is 269 g/mol. The molecule has 0 bridgehead atoms. The van der Waals surface area contributed by atoms with E-state index in [1.807, 2.05) is 0 Å². The van der Waals surface area contributed by atoms with E-state index in [0.717, 1.165) is 55.8 Å². The van der Waals surface area contributed by atoms with Crippen LogP contribution in [0.3, 0.4) is 0 Å². The predicted octanol–water partition coefficient (Wildman–Crippen LogP) is 2.51. The van der Waals surface area contributed by atoms with Crippen molar-refractivity contribution in [3.63, 3.8) is 0 Å². The maximum absolute atomic E-state index is 13.4. The molecule has 2 aromatic rings. The second kappa shape index (κ2) is 6.54. The number of rotatable bonds is 5. The van der Waals surface area contributed by atoms with Gasteiger partial charge in [0.25, 0.3) is 0 Å². The first-order valence-corrected chi connectivity index (χ1v) is 7.75. The fraction of sp³-hybridized carbons (Fsp3) is 0.562. The average molecular weight is 291 g/mol. The molecule has 0 aliphatic carbocycles. The maximum Gasteiger partial charge on any atom is 0.125 e. The molecule has 0 amide bonds. The Hall–Kier alpha value is -1.46. The van der Waals surface area contributed by atoms with Crippen molar-refractivity contribution in [2.75, 3.05) is 19.7 Å². The van der Waals surface area contributed by atoms with Crippen molar-refractivity contribution in [3.05, 3.63) is 29.8 Å². The van der Waals surface area contributed by atoms with Gasteiger partial charge in [-0.25, -0.2) is 9.37 Å². The van der Waals surface area contributed by atoms with Crippen LogP contribution in [0.15, 0.2) is 18.2 Å². The number of nitrogens with one attached hydrogen (secondary N) is 1. The molecule has 1 fully saturated rings. The highest BCUT2D eigenvalue weighted by Gasteiger charge is 2.14. The molecule has 0 atom stereocenters. The van der Waals surface area contributed by atoms with Crippen LogP contribution in [0.2, 0.25) is 0 Å². The highest BCUT2D eigenvalue weighted by atomic mass is 19.1. The van der Waals surface area contributed by atoms with Gasteiger partial charge in [0.15, 0.2) is 0 Å². The Morgan fingerprint density at radius 2 is 2.19 bits per heavy atom. The van der Waals surface area contributed by atoms with E-state index in [0.29, 0.717) is 12.7 Å². The molecule has 1 aliphatic rings. The molecule has 1 aromatic carbocycles. The van der Waals surface area contributed by atoms with Crippen LogP contribution in [0.4, 0.5) is 4.39 Å². The van der Waals surface area contributed by atoms with Gasteiger partial charge in [-0.1, -0.05) is 0 Å². The Morgan fingerprint density at radius 1 is 1.38 bits per heavy atom. The smallest absolute Gasteiger partial charge is 0.125 e. The van der Waals surface area contributed by atoms with Crippen molar-refractivity contribution < 1.29 is 9.13 Å². The van der Waals surface area contributed by atoms with Crippen LogP contribution in [-0.4, -0.2) is 35.4 Å². The van der Waals surface area contributed by atoms with E-state index in [9.17, 15) is 4.39 Å². The number of aryl methyl sites for hydroxylation is 1. The van der Waals surface area contributed by atoms with Crippen molar-refractivity contribution in [1.29, 1.82) is 0 Å². The average Bonchev–Trinajstić information content (AvgIpc) is 2.85. The molecule has 0 unspecified atom stereocenters. The molecule has 1 saturated heterocycles. The molecule has 114 valence electrons. The minimum absolute atomic E-state index is 0.213. The molecule has 21 heavy (non-hydrogen) atoms. The van der Waals surface area contributed by atoms with Gasteiger partial charge >= 0.3 is 0 Å². The Balaban J connectivity index is 1.68. The molecule has 2 heterocycles. The lowest BCUT2D eigenvalue weighted by Gasteiger charge is -2.22. The maximum atomic E-state index is 13.4. The van der Waals surface area contributed by atoms with Gasteiger partial charge in [0.2, 0.25) is 0 Å². The van der Waals surface area contributed by atoms with Gasteiger partial charge in [-0.3, -0.25) is 0 Å². The number of aromatic nitrogens is 2. The Labute approximate surface area is 124 Å². The number of fused-ring (bicyclic) bond motifs is 1. The summed E-state index contributed by atoms with van der Waals surface area (Å²) in [7, 11) is 0. The van der Waals surface area contributed by atoms with Crippen molar-refractivity contribution >= 4 is 11.0 Å². The molecule has 5 heteroatoms. The van der Waals surface area contributed by atoms with Gasteiger partial charge in [-0.05, 0) is 51.1 Å². The van der Waals surface area contributed by atoms with Gasteiger partial charge in [-0.15, -0.1) is 0 Å². The molecule has 1 aliphatic heterocycles.